The molecule has 0 bridgehead atoms. The van der Waals surface area contributed by atoms with Gasteiger partial charge in [-0.2, -0.15) is 0 Å². The highest BCUT2D eigenvalue weighted by molar-refractivity contribution is 5.69. The monoisotopic (exact) mass is 596 g/mol. The van der Waals surface area contributed by atoms with Gasteiger partial charge in [0.15, 0.2) is 0 Å². The number of carbonyl (C=O) groups excluding carboxylic acids is 1. The average molecular weight is 597 g/mol. The summed E-state index contributed by atoms with van der Waals surface area (Å²) in [5.74, 6) is -0.816. The molecule has 0 aromatic heterocycles. The van der Waals surface area contributed by atoms with Crippen LogP contribution in [0.1, 0.15) is 155 Å². The van der Waals surface area contributed by atoms with Crippen molar-refractivity contribution >= 4 is 11.9 Å². The third-order valence-electron chi connectivity index (χ3n) is 7.15. The molecule has 0 saturated carbocycles. The van der Waals surface area contributed by atoms with Gasteiger partial charge < -0.3 is 9.84 Å². The van der Waals surface area contributed by atoms with Crippen LogP contribution in [0.5, 0.6) is 0 Å². The van der Waals surface area contributed by atoms with Crippen LogP contribution < -0.4 is 0 Å². The summed E-state index contributed by atoms with van der Waals surface area (Å²) in [5, 5.41) is 8.78. The van der Waals surface area contributed by atoms with Gasteiger partial charge in [-0.1, -0.05) is 132 Å². The molecular weight excluding hydrogens is 532 g/mol. The van der Waals surface area contributed by atoms with Crippen LogP contribution in [-0.4, -0.2) is 23.1 Å². The molecule has 0 saturated heterocycles. The van der Waals surface area contributed by atoms with E-state index in [-0.39, 0.29) is 18.5 Å². The lowest BCUT2D eigenvalue weighted by molar-refractivity contribution is -0.147. The van der Waals surface area contributed by atoms with Gasteiger partial charge in [0, 0.05) is 12.8 Å². The fourth-order valence-corrected chi connectivity index (χ4v) is 4.58. The lowest BCUT2D eigenvalue weighted by Gasteiger charge is -2.14. The molecule has 0 radical (unpaired) electrons. The topological polar surface area (TPSA) is 63.6 Å². The highest BCUT2D eigenvalue weighted by Crippen LogP contribution is 2.14. The van der Waals surface area contributed by atoms with Gasteiger partial charge in [-0.05, 0) is 83.1 Å². The second-order valence-corrected chi connectivity index (χ2v) is 11.3. The molecule has 1 atom stereocenters. The van der Waals surface area contributed by atoms with Crippen LogP contribution in [0.2, 0.25) is 0 Å². The van der Waals surface area contributed by atoms with E-state index in [4.69, 9.17) is 9.84 Å². The Balaban J connectivity index is 4.28. The molecule has 0 aromatic carbocycles. The predicted octanol–water partition coefficient (Wildman–Crippen LogP) is 11.9. The molecule has 43 heavy (non-hydrogen) atoms. The molecule has 0 amide bonds. The normalized spacial score (nSPS) is 13.2. The summed E-state index contributed by atoms with van der Waals surface area (Å²) in [6.45, 7) is 4.37. The minimum atomic E-state index is -0.722. The highest BCUT2D eigenvalue weighted by Gasteiger charge is 2.11. The molecule has 1 N–H and O–H groups in total. The molecule has 4 heteroatoms. The first-order valence-electron chi connectivity index (χ1n) is 17.4. The smallest absolute Gasteiger partial charge is 0.306 e. The number of unbranched alkanes of at least 4 members (excludes halogenated alkanes) is 11. The van der Waals surface area contributed by atoms with E-state index in [9.17, 15) is 9.59 Å². The van der Waals surface area contributed by atoms with Crippen molar-refractivity contribution in [3.63, 3.8) is 0 Å². The highest BCUT2D eigenvalue weighted by atomic mass is 16.5. The summed E-state index contributed by atoms with van der Waals surface area (Å²) in [6.07, 6.45) is 47.7. The molecule has 1 unspecified atom stereocenters. The van der Waals surface area contributed by atoms with Gasteiger partial charge in [0.25, 0.3) is 0 Å². The summed E-state index contributed by atoms with van der Waals surface area (Å²) in [7, 11) is 0. The van der Waals surface area contributed by atoms with E-state index in [1.807, 2.05) is 6.08 Å². The summed E-state index contributed by atoms with van der Waals surface area (Å²) < 4.78 is 5.86. The molecule has 0 heterocycles. The van der Waals surface area contributed by atoms with E-state index in [2.05, 4.69) is 80.7 Å². The zero-order chi connectivity index (χ0) is 31.5. The van der Waals surface area contributed by atoms with Gasteiger partial charge in [0.2, 0.25) is 0 Å². The van der Waals surface area contributed by atoms with E-state index in [0.29, 0.717) is 6.42 Å². The first kappa shape index (κ1) is 40.4. The standard InChI is InChI=1S/C39H64O4/c1-3-5-7-9-11-13-15-16-17-19-21-23-28-32-36-39(42)43-37(34-30-26-24-27-31-35-38(40)41)33-29-25-22-20-18-14-12-10-8-6-4-2/h6,8-9,11-12,14-16,20,22,29,33,37H,3-5,7,10,13,17-19,21,23-28,30-32,34-36H2,1-2H3,(H,40,41)/b8-6-,11-9-,14-12-,16-15-,22-20-,33-29-. The lowest BCUT2D eigenvalue weighted by atomic mass is 10.1. The van der Waals surface area contributed by atoms with Crippen molar-refractivity contribution in [1.82, 2.24) is 0 Å². The quantitative estimate of drug-likeness (QED) is 0.0509. The second kappa shape index (κ2) is 33.9. The van der Waals surface area contributed by atoms with Crippen LogP contribution in [0.3, 0.4) is 0 Å². The number of allylic oxidation sites excluding steroid dienone is 11. The van der Waals surface area contributed by atoms with Gasteiger partial charge in [0.05, 0.1) is 0 Å². The van der Waals surface area contributed by atoms with Crippen molar-refractivity contribution in [2.75, 3.05) is 0 Å². The summed E-state index contributed by atoms with van der Waals surface area (Å²) in [6, 6.07) is 0. The van der Waals surface area contributed by atoms with Gasteiger partial charge >= 0.3 is 11.9 Å². The Labute approximate surface area is 265 Å². The third-order valence-corrected chi connectivity index (χ3v) is 7.15. The molecule has 4 nitrogen and oxygen atoms in total. The van der Waals surface area contributed by atoms with E-state index in [1.54, 1.807) is 0 Å². The number of carbonyl (C=O) groups is 2. The summed E-state index contributed by atoms with van der Waals surface area (Å²) in [5.41, 5.74) is 0. The van der Waals surface area contributed by atoms with Crippen LogP contribution in [0, 0.1) is 0 Å². The number of ether oxygens (including phenoxy) is 1. The van der Waals surface area contributed by atoms with Gasteiger partial charge in [-0.25, -0.2) is 0 Å². The Morgan fingerprint density at radius 3 is 1.65 bits per heavy atom. The third kappa shape index (κ3) is 33.7. The fourth-order valence-electron chi connectivity index (χ4n) is 4.58. The number of aliphatic carboxylic acids is 1. The number of rotatable bonds is 30. The molecule has 0 aliphatic heterocycles. The fraction of sp³-hybridized carbons (Fsp3) is 0.641. The van der Waals surface area contributed by atoms with Crippen molar-refractivity contribution in [2.24, 2.45) is 0 Å². The number of hydrogen-bond donors (Lipinski definition) is 1. The van der Waals surface area contributed by atoms with Crippen molar-refractivity contribution in [3.05, 3.63) is 72.9 Å². The van der Waals surface area contributed by atoms with Crippen LogP contribution in [0.4, 0.5) is 0 Å². The van der Waals surface area contributed by atoms with Crippen LogP contribution >= 0.6 is 0 Å². The first-order chi connectivity index (χ1) is 21.1. The van der Waals surface area contributed by atoms with Crippen LogP contribution in [0.25, 0.3) is 0 Å². The van der Waals surface area contributed by atoms with E-state index >= 15 is 0 Å². The van der Waals surface area contributed by atoms with Crippen molar-refractivity contribution < 1.29 is 19.4 Å². The van der Waals surface area contributed by atoms with Crippen molar-refractivity contribution in [1.29, 1.82) is 0 Å². The lowest BCUT2D eigenvalue weighted by Crippen LogP contribution is -2.16. The summed E-state index contributed by atoms with van der Waals surface area (Å²) >= 11 is 0. The Kier molecular flexibility index (Phi) is 31.8. The Morgan fingerprint density at radius 2 is 1.05 bits per heavy atom. The first-order valence-corrected chi connectivity index (χ1v) is 17.4. The Hall–Kier alpha value is -2.62. The van der Waals surface area contributed by atoms with Gasteiger partial charge in [0.1, 0.15) is 6.10 Å². The van der Waals surface area contributed by atoms with E-state index in [0.717, 1.165) is 89.9 Å². The zero-order valence-electron chi connectivity index (χ0n) is 27.7. The Morgan fingerprint density at radius 1 is 0.558 bits per heavy atom. The second-order valence-electron chi connectivity index (χ2n) is 11.3. The minimum absolute atomic E-state index is 0.0937. The van der Waals surface area contributed by atoms with Crippen molar-refractivity contribution in [2.45, 2.75) is 161 Å². The zero-order valence-corrected chi connectivity index (χ0v) is 27.7. The molecule has 244 valence electrons. The largest absolute Gasteiger partial charge is 0.481 e. The molecule has 0 rings (SSSR count). The molecule has 0 spiro atoms. The van der Waals surface area contributed by atoms with E-state index in [1.165, 1.54) is 38.5 Å². The Bertz CT molecular complexity index is 815. The van der Waals surface area contributed by atoms with Crippen LogP contribution in [-0.2, 0) is 14.3 Å². The number of hydrogen-bond acceptors (Lipinski definition) is 3. The maximum atomic E-state index is 12.6. The summed E-state index contributed by atoms with van der Waals surface area (Å²) in [4.78, 5) is 23.2. The predicted molar refractivity (Wildman–Crippen MR) is 185 cm³/mol. The van der Waals surface area contributed by atoms with Crippen LogP contribution in [0.15, 0.2) is 72.9 Å². The number of carboxylic acids is 1. The van der Waals surface area contributed by atoms with Crippen molar-refractivity contribution in [3.8, 4) is 0 Å². The number of carboxylic acid groups (broad SMARTS) is 1. The molecule has 0 fully saturated rings. The SMILES string of the molecule is CC/C=C\C/C=C\C/C=C\C/C=C\C(CCCCCCCC(=O)O)OC(=O)CCCCCCC/C=C\C/C=C\CCCC. The van der Waals surface area contributed by atoms with Gasteiger partial charge in [-0.3, -0.25) is 9.59 Å². The molecule has 0 aliphatic rings. The minimum Gasteiger partial charge on any atom is -0.481 e. The molecule has 0 aromatic rings. The van der Waals surface area contributed by atoms with E-state index < -0.39 is 5.97 Å². The van der Waals surface area contributed by atoms with Gasteiger partial charge in [-0.15, -0.1) is 0 Å². The maximum Gasteiger partial charge on any atom is 0.306 e. The molecular formula is C39H64O4. The average Bonchev–Trinajstić information content (AvgIpc) is 2.99. The maximum absolute atomic E-state index is 12.6. The molecule has 0 aliphatic carbocycles. The number of esters is 1.